The van der Waals surface area contributed by atoms with Crippen LogP contribution >= 0.6 is 0 Å². The standard InChI is InChI=1S/C24H50O4S/c1-3-5-7-8-9-10-11-12-13-14-15-17-21-24(29(26,27)28)22-18-20-23(25)19-16-6-4-2/h23-25H,3-22H2,1-2H3,(H,26,27,28). The van der Waals surface area contributed by atoms with Crippen LogP contribution in [0.25, 0.3) is 0 Å². The van der Waals surface area contributed by atoms with Crippen molar-refractivity contribution in [1.82, 2.24) is 0 Å². The summed E-state index contributed by atoms with van der Waals surface area (Å²) in [6.45, 7) is 4.39. The molecule has 4 nitrogen and oxygen atoms in total. The summed E-state index contributed by atoms with van der Waals surface area (Å²) < 4.78 is 32.8. The minimum Gasteiger partial charge on any atom is -0.393 e. The third-order valence-corrected chi connectivity index (χ3v) is 7.32. The molecule has 0 spiro atoms. The zero-order valence-corrected chi connectivity index (χ0v) is 20.2. The van der Waals surface area contributed by atoms with E-state index in [9.17, 15) is 18.1 Å². The second-order valence-electron chi connectivity index (χ2n) is 8.90. The molecule has 5 heteroatoms. The second kappa shape index (κ2) is 19.8. The summed E-state index contributed by atoms with van der Waals surface area (Å²) in [4.78, 5) is 0. The van der Waals surface area contributed by atoms with E-state index in [0.29, 0.717) is 25.7 Å². The van der Waals surface area contributed by atoms with Crippen molar-refractivity contribution in [3.8, 4) is 0 Å². The Balaban J connectivity index is 3.73. The quantitative estimate of drug-likeness (QED) is 0.137. The van der Waals surface area contributed by atoms with Crippen molar-refractivity contribution in [2.75, 3.05) is 0 Å². The van der Waals surface area contributed by atoms with Gasteiger partial charge in [0, 0.05) is 0 Å². The first-order valence-electron chi connectivity index (χ1n) is 12.6. The van der Waals surface area contributed by atoms with Gasteiger partial charge in [-0.25, -0.2) is 0 Å². The molecular formula is C24H50O4S. The molecule has 2 unspecified atom stereocenters. The van der Waals surface area contributed by atoms with E-state index in [1.54, 1.807) is 0 Å². The third-order valence-electron chi connectivity index (χ3n) is 6.01. The van der Waals surface area contributed by atoms with Gasteiger partial charge in [0.1, 0.15) is 0 Å². The molecule has 0 aliphatic carbocycles. The highest BCUT2D eigenvalue weighted by Gasteiger charge is 2.22. The minimum atomic E-state index is -3.98. The highest BCUT2D eigenvalue weighted by molar-refractivity contribution is 7.86. The van der Waals surface area contributed by atoms with Gasteiger partial charge in [0.25, 0.3) is 10.1 Å². The molecule has 0 amide bonds. The lowest BCUT2D eigenvalue weighted by molar-refractivity contribution is 0.147. The molecule has 2 N–H and O–H groups in total. The van der Waals surface area contributed by atoms with Crippen molar-refractivity contribution in [3.05, 3.63) is 0 Å². The number of unbranched alkanes of at least 4 members (excludes halogenated alkanes) is 13. The lowest BCUT2D eigenvalue weighted by atomic mass is 10.0. The molecule has 0 saturated carbocycles. The Morgan fingerprint density at radius 1 is 0.552 bits per heavy atom. The molecule has 0 rings (SSSR count). The fourth-order valence-electron chi connectivity index (χ4n) is 4.01. The van der Waals surface area contributed by atoms with Gasteiger partial charge in [-0.2, -0.15) is 8.42 Å². The number of hydrogen-bond acceptors (Lipinski definition) is 3. The number of aliphatic hydroxyl groups is 1. The molecule has 0 aromatic heterocycles. The lowest BCUT2D eigenvalue weighted by Gasteiger charge is -2.15. The van der Waals surface area contributed by atoms with Gasteiger partial charge in [-0.3, -0.25) is 4.55 Å². The first kappa shape index (κ1) is 28.9. The molecule has 0 saturated heterocycles. The van der Waals surface area contributed by atoms with Gasteiger partial charge < -0.3 is 5.11 Å². The Bertz CT molecular complexity index is 436. The normalized spacial score (nSPS) is 14.2. The van der Waals surface area contributed by atoms with E-state index >= 15 is 0 Å². The van der Waals surface area contributed by atoms with E-state index in [-0.39, 0.29) is 6.10 Å². The average Bonchev–Trinajstić information content (AvgIpc) is 2.66. The fraction of sp³-hybridized carbons (Fsp3) is 1.00. The summed E-state index contributed by atoms with van der Waals surface area (Å²) in [5, 5.41) is 9.31. The number of hydrogen-bond donors (Lipinski definition) is 2. The monoisotopic (exact) mass is 434 g/mol. The minimum absolute atomic E-state index is 0.338. The van der Waals surface area contributed by atoms with E-state index in [1.807, 2.05) is 0 Å². The highest BCUT2D eigenvalue weighted by Crippen LogP contribution is 2.20. The van der Waals surface area contributed by atoms with Gasteiger partial charge in [-0.1, -0.05) is 110 Å². The van der Waals surface area contributed by atoms with Crippen molar-refractivity contribution < 1.29 is 18.1 Å². The van der Waals surface area contributed by atoms with Gasteiger partial charge in [0.2, 0.25) is 0 Å². The van der Waals surface area contributed by atoms with Crippen LogP contribution in [0.15, 0.2) is 0 Å². The maximum absolute atomic E-state index is 11.6. The van der Waals surface area contributed by atoms with E-state index < -0.39 is 15.4 Å². The summed E-state index contributed by atoms with van der Waals surface area (Å²) >= 11 is 0. The Kier molecular flexibility index (Phi) is 19.7. The van der Waals surface area contributed by atoms with Crippen LogP contribution in [0.2, 0.25) is 0 Å². The van der Waals surface area contributed by atoms with Gasteiger partial charge >= 0.3 is 0 Å². The predicted molar refractivity (Wildman–Crippen MR) is 125 cm³/mol. The second-order valence-corrected chi connectivity index (χ2v) is 10.6. The van der Waals surface area contributed by atoms with Crippen LogP contribution in [-0.4, -0.2) is 29.4 Å². The number of rotatable bonds is 22. The Morgan fingerprint density at radius 2 is 0.897 bits per heavy atom. The summed E-state index contributed by atoms with van der Waals surface area (Å²) in [7, 11) is -3.98. The molecule has 29 heavy (non-hydrogen) atoms. The fourth-order valence-corrected chi connectivity index (χ4v) is 4.94. The zero-order chi connectivity index (χ0) is 21.8. The summed E-state index contributed by atoms with van der Waals surface area (Å²) in [6.07, 6.45) is 21.1. The van der Waals surface area contributed by atoms with Gasteiger partial charge in [-0.05, 0) is 32.1 Å². The molecule has 176 valence electrons. The third kappa shape index (κ3) is 19.6. The topological polar surface area (TPSA) is 74.6 Å². The molecule has 0 aromatic rings. The van der Waals surface area contributed by atoms with E-state index in [1.165, 1.54) is 57.8 Å². The molecule has 0 heterocycles. The lowest BCUT2D eigenvalue weighted by Crippen LogP contribution is -2.21. The summed E-state index contributed by atoms with van der Waals surface area (Å²) in [5.74, 6) is 0. The highest BCUT2D eigenvalue weighted by atomic mass is 32.2. The molecule has 0 fully saturated rings. The van der Waals surface area contributed by atoms with Crippen molar-refractivity contribution in [2.24, 2.45) is 0 Å². The Hall–Kier alpha value is -0.130. The number of aliphatic hydroxyl groups excluding tert-OH is 1. The van der Waals surface area contributed by atoms with Crippen LogP contribution in [-0.2, 0) is 10.1 Å². The Labute approximate surface area is 182 Å². The average molecular weight is 435 g/mol. The molecule has 0 aliphatic heterocycles. The van der Waals surface area contributed by atoms with Crippen molar-refractivity contribution >= 4 is 10.1 Å². The summed E-state index contributed by atoms with van der Waals surface area (Å²) in [5.41, 5.74) is 0. The summed E-state index contributed by atoms with van der Waals surface area (Å²) in [6, 6.07) is 0. The maximum Gasteiger partial charge on any atom is 0.267 e. The Morgan fingerprint density at radius 3 is 1.38 bits per heavy atom. The predicted octanol–water partition coefficient (Wildman–Crippen LogP) is 7.45. The van der Waals surface area contributed by atoms with Crippen LogP contribution in [0, 0.1) is 0 Å². The van der Waals surface area contributed by atoms with E-state index in [4.69, 9.17) is 0 Å². The zero-order valence-electron chi connectivity index (χ0n) is 19.4. The molecule has 0 aliphatic rings. The largest absolute Gasteiger partial charge is 0.393 e. The molecule has 0 bridgehead atoms. The molecular weight excluding hydrogens is 384 g/mol. The molecule has 0 radical (unpaired) electrons. The SMILES string of the molecule is CCCCCCCCCCCCCCC(CCCC(O)CCCCC)S(=O)(=O)O. The van der Waals surface area contributed by atoms with Gasteiger partial charge in [0.05, 0.1) is 11.4 Å². The van der Waals surface area contributed by atoms with Crippen LogP contribution in [0.1, 0.15) is 142 Å². The van der Waals surface area contributed by atoms with Crippen LogP contribution in [0.4, 0.5) is 0 Å². The molecule has 2 atom stereocenters. The van der Waals surface area contributed by atoms with Gasteiger partial charge in [-0.15, -0.1) is 0 Å². The first-order valence-corrected chi connectivity index (χ1v) is 14.1. The maximum atomic E-state index is 11.6. The van der Waals surface area contributed by atoms with Crippen molar-refractivity contribution in [3.63, 3.8) is 0 Å². The van der Waals surface area contributed by atoms with Crippen LogP contribution in [0.5, 0.6) is 0 Å². The first-order chi connectivity index (χ1) is 13.9. The van der Waals surface area contributed by atoms with Crippen LogP contribution in [0.3, 0.4) is 0 Å². The van der Waals surface area contributed by atoms with E-state index in [2.05, 4.69) is 13.8 Å². The van der Waals surface area contributed by atoms with Crippen molar-refractivity contribution in [1.29, 1.82) is 0 Å². The van der Waals surface area contributed by atoms with Crippen molar-refractivity contribution in [2.45, 2.75) is 154 Å². The molecule has 0 aromatic carbocycles. The van der Waals surface area contributed by atoms with Gasteiger partial charge in [0.15, 0.2) is 0 Å². The van der Waals surface area contributed by atoms with E-state index in [0.717, 1.165) is 44.9 Å². The van der Waals surface area contributed by atoms with Crippen LogP contribution < -0.4 is 0 Å². The smallest absolute Gasteiger partial charge is 0.267 e.